The van der Waals surface area contributed by atoms with Crippen LogP contribution in [0.5, 0.6) is 0 Å². The molecular formula is C22H30ClNO3. The Kier molecular flexibility index (Phi) is 9.14. The molecule has 1 aromatic rings. The molecule has 0 spiro atoms. The molecule has 0 heterocycles. The molecule has 1 fully saturated rings. The van der Waals surface area contributed by atoms with Crippen molar-refractivity contribution in [2.75, 3.05) is 32.1 Å². The van der Waals surface area contributed by atoms with Crippen LogP contribution in [0.25, 0.3) is 0 Å². The van der Waals surface area contributed by atoms with Gasteiger partial charge in [0.25, 0.3) is 0 Å². The van der Waals surface area contributed by atoms with Crippen LogP contribution in [0.1, 0.15) is 44.6 Å². The summed E-state index contributed by atoms with van der Waals surface area (Å²) in [5.41, 5.74) is -0.994. The number of nitrogens with zero attached hydrogens (tertiary/aromatic N) is 1. The van der Waals surface area contributed by atoms with Gasteiger partial charge >= 0.3 is 5.97 Å². The van der Waals surface area contributed by atoms with Gasteiger partial charge in [-0.15, -0.1) is 11.6 Å². The van der Waals surface area contributed by atoms with Crippen molar-refractivity contribution in [1.29, 1.82) is 0 Å². The number of carbonyl (C=O) groups excluding carboxylic acids is 1. The molecule has 1 aliphatic carbocycles. The molecule has 1 aliphatic rings. The van der Waals surface area contributed by atoms with Gasteiger partial charge in [0.05, 0.1) is 6.54 Å². The van der Waals surface area contributed by atoms with E-state index >= 15 is 0 Å². The third kappa shape index (κ3) is 5.97. The van der Waals surface area contributed by atoms with E-state index in [1.54, 1.807) is 12.1 Å². The number of aliphatic hydroxyl groups is 1. The zero-order valence-electron chi connectivity index (χ0n) is 16.1. The molecule has 0 bridgehead atoms. The van der Waals surface area contributed by atoms with Crippen LogP contribution in [0.2, 0.25) is 0 Å². The van der Waals surface area contributed by atoms with Crippen molar-refractivity contribution in [3.8, 4) is 11.8 Å². The fourth-order valence-electron chi connectivity index (χ4n) is 3.63. The summed E-state index contributed by atoms with van der Waals surface area (Å²) in [5.74, 6) is 5.74. The van der Waals surface area contributed by atoms with Gasteiger partial charge in [-0.3, -0.25) is 4.90 Å². The van der Waals surface area contributed by atoms with Crippen LogP contribution >= 0.6 is 11.6 Å². The number of benzene rings is 1. The highest BCUT2D eigenvalue weighted by atomic mass is 35.5. The molecule has 4 nitrogen and oxygen atoms in total. The fourth-order valence-corrected chi connectivity index (χ4v) is 3.87. The lowest BCUT2D eigenvalue weighted by Crippen LogP contribution is -2.45. The zero-order valence-corrected chi connectivity index (χ0v) is 16.9. The highest BCUT2D eigenvalue weighted by molar-refractivity contribution is 6.18. The predicted octanol–water partition coefficient (Wildman–Crippen LogP) is 3.56. The molecule has 1 atom stereocenters. The van der Waals surface area contributed by atoms with Crippen LogP contribution in [0.3, 0.4) is 0 Å². The molecule has 1 N–H and O–H groups in total. The Labute approximate surface area is 167 Å². The van der Waals surface area contributed by atoms with Crippen molar-refractivity contribution in [3.63, 3.8) is 0 Å². The van der Waals surface area contributed by atoms with Crippen molar-refractivity contribution in [1.82, 2.24) is 4.90 Å². The third-order valence-electron chi connectivity index (χ3n) is 5.27. The van der Waals surface area contributed by atoms with Crippen LogP contribution in [-0.2, 0) is 15.1 Å². The quantitative estimate of drug-likeness (QED) is 0.418. The van der Waals surface area contributed by atoms with Crippen molar-refractivity contribution < 1.29 is 14.6 Å². The maximum atomic E-state index is 12.9. The molecule has 5 heteroatoms. The average Bonchev–Trinajstić information content (AvgIpc) is 2.73. The van der Waals surface area contributed by atoms with E-state index in [-0.39, 0.29) is 12.5 Å². The summed E-state index contributed by atoms with van der Waals surface area (Å²) >= 11 is 5.75. The molecule has 0 aliphatic heterocycles. The summed E-state index contributed by atoms with van der Waals surface area (Å²) in [7, 11) is 0. The summed E-state index contributed by atoms with van der Waals surface area (Å²) in [6.45, 7) is 4.28. The lowest BCUT2D eigenvalue weighted by molar-refractivity contribution is -0.174. The first-order chi connectivity index (χ1) is 13.1. The fraction of sp³-hybridized carbons (Fsp3) is 0.591. The molecule has 0 saturated heterocycles. The van der Waals surface area contributed by atoms with Gasteiger partial charge in [0.15, 0.2) is 12.2 Å². The highest BCUT2D eigenvalue weighted by Gasteiger charge is 2.46. The SMILES string of the molecule is CCN(CC#CCOC(=O)[C@](O)(c1ccccc1)C1CCCCC1)CCCl. The third-order valence-corrected chi connectivity index (χ3v) is 5.44. The van der Waals surface area contributed by atoms with Gasteiger partial charge in [0.2, 0.25) is 0 Å². The second-order valence-electron chi connectivity index (χ2n) is 6.95. The molecule has 148 valence electrons. The maximum absolute atomic E-state index is 12.9. The van der Waals surface area contributed by atoms with Crippen LogP contribution in [0, 0.1) is 17.8 Å². The van der Waals surface area contributed by atoms with E-state index in [1.165, 1.54) is 0 Å². The lowest BCUT2D eigenvalue weighted by atomic mass is 9.73. The number of carbonyl (C=O) groups is 1. The Hall–Kier alpha value is -1.54. The van der Waals surface area contributed by atoms with E-state index in [0.29, 0.717) is 18.0 Å². The van der Waals surface area contributed by atoms with E-state index in [1.807, 2.05) is 18.2 Å². The summed E-state index contributed by atoms with van der Waals surface area (Å²) < 4.78 is 5.38. The number of halogens is 1. The molecule has 1 aromatic carbocycles. The standard InChI is InChI=1S/C22H30ClNO3/c1-2-24(17-15-23)16-9-10-18-27-21(25)22(26,19-11-5-3-6-12-19)20-13-7-4-8-14-20/h3,5-6,11-12,20,26H,2,4,7-8,13-18H2,1H3/t22-/m0/s1. The number of ether oxygens (including phenoxy) is 1. The minimum absolute atomic E-state index is 0.0148. The summed E-state index contributed by atoms with van der Waals surface area (Å²) in [4.78, 5) is 15.0. The smallest absolute Gasteiger partial charge is 0.344 e. The Morgan fingerprint density at radius 2 is 1.96 bits per heavy atom. The van der Waals surface area contributed by atoms with Crippen LogP contribution in [-0.4, -0.2) is 48.1 Å². The number of hydrogen-bond acceptors (Lipinski definition) is 4. The first kappa shape index (κ1) is 21.8. The summed E-state index contributed by atoms with van der Waals surface area (Å²) in [5, 5.41) is 11.4. The zero-order chi connectivity index (χ0) is 19.5. The number of rotatable bonds is 8. The molecule has 0 amide bonds. The number of esters is 1. The first-order valence-electron chi connectivity index (χ1n) is 9.82. The van der Waals surface area contributed by atoms with E-state index in [0.717, 1.165) is 45.2 Å². The van der Waals surface area contributed by atoms with Crippen molar-refractivity contribution >= 4 is 17.6 Å². The molecular weight excluding hydrogens is 362 g/mol. The van der Waals surface area contributed by atoms with Crippen molar-refractivity contribution in [2.24, 2.45) is 5.92 Å². The average molecular weight is 392 g/mol. The van der Waals surface area contributed by atoms with Crippen molar-refractivity contribution in [3.05, 3.63) is 35.9 Å². The minimum atomic E-state index is -1.60. The Bertz CT molecular complexity index is 634. The van der Waals surface area contributed by atoms with E-state index in [2.05, 4.69) is 23.7 Å². The monoisotopic (exact) mass is 391 g/mol. The number of hydrogen-bond donors (Lipinski definition) is 1. The normalized spacial score (nSPS) is 17.0. The molecule has 0 aromatic heterocycles. The van der Waals surface area contributed by atoms with Gasteiger partial charge in [-0.05, 0) is 24.9 Å². The number of alkyl halides is 1. The topological polar surface area (TPSA) is 49.8 Å². The van der Waals surface area contributed by atoms with Gasteiger partial charge < -0.3 is 9.84 Å². The molecule has 1 saturated carbocycles. The second kappa shape index (κ2) is 11.3. The van der Waals surface area contributed by atoms with Gasteiger partial charge in [0.1, 0.15) is 0 Å². The van der Waals surface area contributed by atoms with E-state index in [9.17, 15) is 9.90 Å². The first-order valence-corrected chi connectivity index (χ1v) is 10.4. The van der Waals surface area contributed by atoms with Crippen LogP contribution in [0.4, 0.5) is 0 Å². The molecule has 2 rings (SSSR count). The Morgan fingerprint density at radius 1 is 1.26 bits per heavy atom. The van der Waals surface area contributed by atoms with Crippen LogP contribution in [0.15, 0.2) is 30.3 Å². The highest BCUT2D eigenvalue weighted by Crippen LogP contribution is 2.40. The van der Waals surface area contributed by atoms with Gasteiger partial charge in [0, 0.05) is 18.3 Å². The van der Waals surface area contributed by atoms with Gasteiger partial charge in [-0.25, -0.2) is 4.79 Å². The van der Waals surface area contributed by atoms with Crippen molar-refractivity contribution in [2.45, 2.75) is 44.6 Å². The van der Waals surface area contributed by atoms with Gasteiger partial charge in [-0.1, -0.05) is 68.4 Å². The summed E-state index contributed by atoms with van der Waals surface area (Å²) in [6.07, 6.45) is 4.87. The minimum Gasteiger partial charge on any atom is -0.450 e. The summed E-state index contributed by atoms with van der Waals surface area (Å²) in [6, 6.07) is 9.15. The Balaban J connectivity index is 2.02. The van der Waals surface area contributed by atoms with Crippen LogP contribution < -0.4 is 0 Å². The predicted molar refractivity (Wildman–Crippen MR) is 108 cm³/mol. The second-order valence-corrected chi connectivity index (χ2v) is 7.33. The lowest BCUT2D eigenvalue weighted by Gasteiger charge is -2.36. The largest absolute Gasteiger partial charge is 0.450 e. The molecule has 0 radical (unpaired) electrons. The maximum Gasteiger partial charge on any atom is 0.344 e. The van der Waals surface area contributed by atoms with Gasteiger partial charge in [-0.2, -0.15) is 0 Å². The van der Waals surface area contributed by atoms with E-state index in [4.69, 9.17) is 16.3 Å². The molecule has 0 unspecified atom stereocenters. The van der Waals surface area contributed by atoms with E-state index < -0.39 is 11.6 Å². The Morgan fingerprint density at radius 3 is 2.59 bits per heavy atom. The molecule has 27 heavy (non-hydrogen) atoms.